The highest BCUT2D eigenvalue weighted by Crippen LogP contribution is 2.14. The maximum atomic E-state index is 12.4. The van der Waals surface area contributed by atoms with Crippen LogP contribution in [-0.4, -0.2) is 47.4 Å². The second-order valence-corrected chi connectivity index (χ2v) is 17.1. The first kappa shape index (κ1) is 56.1. The SMILES string of the molecule is CCCCCC/C=C\CCCCCCCC(=O)OCCCCCCCCCCC/C=C\CCCCCCCC(=O)NC(CO)C(O)/C=C/CCCCCCCCCC. The summed E-state index contributed by atoms with van der Waals surface area (Å²) in [7, 11) is 0. The molecule has 3 N–H and O–H groups in total. The fourth-order valence-electron chi connectivity index (χ4n) is 7.44. The molecule has 6 nitrogen and oxygen atoms in total. The van der Waals surface area contributed by atoms with Crippen LogP contribution in [0.15, 0.2) is 36.5 Å². The second kappa shape index (κ2) is 47.8. The Labute approximate surface area is 360 Å². The van der Waals surface area contributed by atoms with E-state index in [2.05, 4.69) is 43.5 Å². The highest BCUT2D eigenvalue weighted by molar-refractivity contribution is 5.76. The molecule has 0 aliphatic rings. The van der Waals surface area contributed by atoms with E-state index in [9.17, 15) is 19.8 Å². The van der Waals surface area contributed by atoms with Crippen molar-refractivity contribution in [3.8, 4) is 0 Å². The number of unbranched alkanes of at least 4 members (excludes halogenated alkanes) is 31. The van der Waals surface area contributed by atoms with Crippen molar-refractivity contribution in [1.82, 2.24) is 5.32 Å². The lowest BCUT2D eigenvalue weighted by Crippen LogP contribution is -2.45. The smallest absolute Gasteiger partial charge is 0.305 e. The number of carbonyl (C=O) groups excluding carboxylic acids is 2. The number of amides is 1. The zero-order chi connectivity index (χ0) is 42.3. The molecule has 0 fully saturated rings. The van der Waals surface area contributed by atoms with E-state index in [1.54, 1.807) is 6.08 Å². The molecule has 0 radical (unpaired) electrons. The van der Waals surface area contributed by atoms with Gasteiger partial charge in [0.25, 0.3) is 0 Å². The molecule has 1 amide bonds. The standard InChI is InChI=1S/C52H97NO5/c1-3-5-7-9-11-13-15-22-26-30-34-38-42-46-52(57)58-47-43-39-35-31-27-24-21-19-17-16-18-20-23-25-29-33-37-41-45-51(56)53-49(48-54)50(55)44-40-36-32-28-14-12-10-8-6-4-2/h13,15,18,20,40,44,49-50,54-55H,3-12,14,16-17,19,21-39,41-43,45-48H2,1-2H3,(H,53,56)/b15-13-,20-18-,44-40+. The van der Waals surface area contributed by atoms with E-state index in [4.69, 9.17) is 4.74 Å². The normalized spacial score (nSPS) is 13.0. The van der Waals surface area contributed by atoms with Gasteiger partial charge in [0, 0.05) is 12.8 Å². The average molecular weight is 816 g/mol. The topological polar surface area (TPSA) is 95.9 Å². The van der Waals surface area contributed by atoms with Gasteiger partial charge in [-0.25, -0.2) is 0 Å². The van der Waals surface area contributed by atoms with E-state index in [-0.39, 0.29) is 18.5 Å². The van der Waals surface area contributed by atoms with Crippen molar-refractivity contribution < 1.29 is 24.5 Å². The first-order valence-electron chi connectivity index (χ1n) is 25.3. The van der Waals surface area contributed by atoms with Gasteiger partial charge in [-0.05, 0) is 83.5 Å². The van der Waals surface area contributed by atoms with Crippen LogP contribution in [0.2, 0.25) is 0 Å². The van der Waals surface area contributed by atoms with Crippen LogP contribution in [0, 0.1) is 0 Å². The molecule has 2 atom stereocenters. The minimum absolute atomic E-state index is 0.00812. The number of hydrogen-bond acceptors (Lipinski definition) is 5. The van der Waals surface area contributed by atoms with Crippen molar-refractivity contribution in [2.75, 3.05) is 13.2 Å². The molecule has 0 aromatic heterocycles. The Morgan fingerprint density at radius 2 is 0.810 bits per heavy atom. The number of allylic oxidation sites excluding steroid dienone is 5. The minimum Gasteiger partial charge on any atom is -0.466 e. The molecule has 0 aromatic rings. The molecule has 2 unspecified atom stereocenters. The Hall–Kier alpha value is -1.92. The van der Waals surface area contributed by atoms with Crippen molar-refractivity contribution in [1.29, 1.82) is 0 Å². The number of aliphatic hydroxyl groups excluding tert-OH is 2. The molecule has 0 bridgehead atoms. The molecular formula is C52H97NO5. The molecule has 0 saturated carbocycles. The van der Waals surface area contributed by atoms with Crippen LogP contribution >= 0.6 is 0 Å². The average Bonchev–Trinajstić information content (AvgIpc) is 3.22. The van der Waals surface area contributed by atoms with E-state index in [0.717, 1.165) is 64.2 Å². The molecule has 0 rings (SSSR count). The van der Waals surface area contributed by atoms with E-state index in [1.165, 1.54) is 167 Å². The number of hydrogen-bond donors (Lipinski definition) is 3. The molecule has 58 heavy (non-hydrogen) atoms. The third-order valence-electron chi connectivity index (χ3n) is 11.4. The summed E-state index contributed by atoms with van der Waals surface area (Å²) in [6.07, 6.45) is 57.2. The van der Waals surface area contributed by atoms with Gasteiger partial charge in [-0.2, -0.15) is 0 Å². The van der Waals surface area contributed by atoms with Crippen molar-refractivity contribution in [3.05, 3.63) is 36.5 Å². The van der Waals surface area contributed by atoms with Crippen LogP contribution in [0.3, 0.4) is 0 Å². The van der Waals surface area contributed by atoms with E-state index < -0.39 is 12.1 Å². The van der Waals surface area contributed by atoms with Crippen LogP contribution in [0.1, 0.15) is 258 Å². The van der Waals surface area contributed by atoms with Gasteiger partial charge < -0.3 is 20.3 Å². The van der Waals surface area contributed by atoms with Crippen molar-refractivity contribution in [2.24, 2.45) is 0 Å². The van der Waals surface area contributed by atoms with Gasteiger partial charge >= 0.3 is 5.97 Å². The Morgan fingerprint density at radius 1 is 0.466 bits per heavy atom. The summed E-state index contributed by atoms with van der Waals surface area (Å²) in [4.78, 5) is 24.4. The lowest BCUT2D eigenvalue weighted by atomic mass is 10.1. The third kappa shape index (κ3) is 43.7. The molecule has 0 aliphatic heterocycles. The Balaban J connectivity index is 3.47. The summed E-state index contributed by atoms with van der Waals surface area (Å²) in [6.45, 7) is 4.84. The maximum Gasteiger partial charge on any atom is 0.305 e. The lowest BCUT2D eigenvalue weighted by Gasteiger charge is -2.20. The highest BCUT2D eigenvalue weighted by atomic mass is 16.5. The zero-order valence-corrected chi connectivity index (χ0v) is 38.5. The fraction of sp³-hybridized carbons (Fsp3) is 0.846. The zero-order valence-electron chi connectivity index (χ0n) is 38.5. The molecular weight excluding hydrogens is 719 g/mol. The van der Waals surface area contributed by atoms with Gasteiger partial charge in [-0.1, -0.05) is 198 Å². The van der Waals surface area contributed by atoms with Gasteiger partial charge in [0.15, 0.2) is 0 Å². The molecule has 6 heteroatoms. The molecule has 0 aliphatic carbocycles. The third-order valence-corrected chi connectivity index (χ3v) is 11.4. The van der Waals surface area contributed by atoms with Crippen molar-refractivity contribution in [2.45, 2.75) is 270 Å². The van der Waals surface area contributed by atoms with Gasteiger partial charge in [0.2, 0.25) is 5.91 Å². The molecule has 0 aromatic carbocycles. The van der Waals surface area contributed by atoms with E-state index in [1.807, 2.05) is 6.08 Å². The van der Waals surface area contributed by atoms with Crippen LogP contribution in [0.25, 0.3) is 0 Å². The van der Waals surface area contributed by atoms with Gasteiger partial charge in [0.1, 0.15) is 0 Å². The quantitative estimate of drug-likeness (QED) is 0.0323. The van der Waals surface area contributed by atoms with Crippen LogP contribution < -0.4 is 5.32 Å². The summed E-state index contributed by atoms with van der Waals surface area (Å²) in [6, 6.07) is -0.636. The number of ether oxygens (including phenoxy) is 1. The summed E-state index contributed by atoms with van der Waals surface area (Å²) < 4.78 is 5.45. The summed E-state index contributed by atoms with van der Waals surface area (Å²) in [5, 5.41) is 22.9. The van der Waals surface area contributed by atoms with Crippen LogP contribution in [-0.2, 0) is 14.3 Å². The Kier molecular flexibility index (Phi) is 46.2. The van der Waals surface area contributed by atoms with Gasteiger partial charge in [-0.15, -0.1) is 0 Å². The molecule has 0 saturated heterocycles. The first-order chi connectivity index (χ1) is 28.5. The van der Waals surface area contributed by atoms with E-state index >= 15 is 0 Å². The second-order valence-electron chi connectivity index (χ2n) is 17.1. The summed E-state index contributed by atoms with van der Waals surface area (Å²) >= 11 is 0. The van der Waals surface area contributed by atoms with Crippen LogP contribution in [0.5, 0.6) is 0 Å². The van der Waals surface area contributed by atoms with Gasteiger partial charge in [-0.3, -0.25) is 9.59 Å². The number of aliphatic hydroxyl groups is 2. The first-order valence-corrected chi connectivity index (χ1v) is 25.3. The predicted molar refractivity (Wildman–Crippen MR) is 250 cm³/mol. The Bertz CT molecular complexity index is 946. The maximum absolute atomic E-state index is 12.4. The largest absolute Gasteiger partial charge is 0.466 e. The fourth-order valence-corrected chi connectivity index (χ4v) is 7.44. The summed E-state index contributed by atoms with van der Waals surface area (Å²) in [5.74, 6) is -0.0936. The molecule has 340 valence electrons. The molecule has 0 heterocycles. The molecule has 0 spiro atoms. The van der Waals surface area contributed by atoms with Crippen molar-refractivity contribution >= 4 is 11.9 Å². The predicted octanol–water partition coefficient (Wildman–Crippen LogP) is 14.9. The number of rotatable bonds is 46. The number of nitrogens with one attached hydrogen (secondary N) is 1. The number of carbonyl (C=O) groups is 2. The van der Waals surface area contributed by atoms with Crippen LogP contribution in [0.4, 0.5) is 0 Å². The minimum atomic E-state index is -0.851. The highest BCUT2D eigenvalue weighted by Gasteiger charge is 2.18. The number of esters is 1. The van der Waals surface area contributed by atoms with E-state index in [0.29, 0.717) is 19.4 Å². The Morgan fingerprint density at radius 3 is 1.24 bits per heavy atom. The van der Waals surface area contributed by atoms with Crippen molar-refractivity contribution in [3.63, 3.8) is 0 Å². The van der Waals surface area contributed by atoms with Gasteiger partial charge in [0.05, 0.1) is 25.4 Å². The lowest BCUT2D eigenvalue weighted by molar-refractivity contribution is -0.143. The monoisotopic (exact) mass is 816 g/mol. The summed E-state index contributed by atoms with van der Waals surface area (Å²) in [5.41, 5.74) is 0.